The molecule has 0 saturated heterocycles. The Bertz CT molecular complexity index is 598. The van der Waals surface area contributed by atoms with Crippen molar-refractivity contribution >= 4 is 41.6 Å². The normalized spacial score (nSPS) is 12.5. The molecule has 0 aromatic carbocycles. The minimum atomic E-state index is -4.57. The third-order valence-corrected chi connectivity index (χ3v) is 4.07. The molecule has 0 spiro atoms. The quantitative estimate of drug-likeness (QED) is 0.751. The average Bonchev–Trinajstić information content (AvgIpc) is 2.55. The molecule has 1 rings (SSSR count). The van der Waals surface area contributed by atoms with E-state index in [0.717, 1.165) is 13.1 Å². The number of amides is 1. The molecule has 0 bridgehead atoms. The van der Waals surface area contributed by atoms with Crippen LogP contribution in [0.1, 0.15) is 10.6 Å². The van der Waals surface area contributed by atoms with Crippen molar-refractivity contribution < 1.29 is 30.8 Å². The number of hydrogen-bond acceptors (Lipinski definition) is 4. The van der Waals surface area contributed by atoms with E-state index in [9.17, 15) is 26.4 Å². The zero-order valence-electron chi connectivity index (χ0n) is 9.16. The van der Waals surface area contributed by atoms with Gasteiger partial charge in [0.2, 0.25) is 0 Å². The first-order valence-corrected chi connectivity index (χ1v) is 7.58. The molecule has 0 aliphatic heterocycles. The Kier molecular flexibility index (Phi) is 4.58. The number of carbonyl (C=O) groups excluding carboxylic acids is 1. The Morgan fingerprint density at radius 2 is 2.05 bits per heavy atom. The van der Waals surface area contributed by atoms with Crippen LogP contribution in [0.3, 0.4) is 0 Å². The first-order chi connectivity index (χ1) is 8.42. The molecular weight excluding hydrogens is 379 g/mol. The fourth-order valence-corrected chi connectivity index (χ4v) is 3.19. The van der Waals surface area contributed by atoms with Crippen LogP contribution in [0.2, 0.25) is 0 Å². The van der Waals surface area contributed by atoms with Crippen LogP contribution in [0.5, 0.6) is 0 Å². The molecule has 108 valence electrons. The summed E-state index contributed by atoms with van der Waals surface area (Å²) in [7, 11) is 1.78. The van der Waals surface area contributed by atoms with Crippen LogP contribution in [-0.4, -0.2) is 39.0 Å². The molecule has 1 heterocycles. The van der Waals surface area contributed by atoms with Gasteiger partial charge in [-0.1, -0.05) is 0 Å². The van der Waals surface area contributed by atoms with E-state index in [2.05, 4.69) is 15.9 Å². The van der Waals surface area contributed by atoms with Gasteiger partial charge in [0.1, 0.15) is 11.4 Å². The highest BCUT2D eigenvalue weighted by molar-refractivity contribution is 9.10. The Morgan fingerprint density at radius 3 is 2.42 bits per heavy atom. The first-order valence-electron chi connectivity index (χ1n) is 4.48. The van der Waals surface area contributed by atoms with E-state index in [-0.39, 0.29) is 4.67 Å². The van der Waals surface area contributed by atoms with Gasteiger partial charge in [0.05, 0.1) is 0 Å². The SMILES string of the molecule is CN(CC(F)(F)F)C(=O)c1cc(S(=O)(=O)Cl)c(Br)o1. The molecular formula is C8H6BrClF3NO4S. The Morgan fingerprint density at radius 1 is 1.53 bits per heavy atom. The van der Waals surface area contributed by atoms with Gasteiger partial charge in [-0.05, 0) is 15.9 Å². The summed E-state index contributed by atoms with van der Waals surface area (Å²) in [4.78, 5) is 11.4. The largest absolute Gasteiger partial charge is 0.443 e. The zero-order chi connectivity index (χ0) is 15.0. The highest BCUT2D eigenvalue weighted by Crippen LogP contribution is 2.29. The number of nitrogens with zero attached hydrogens (tertiary/aromatic N) is 1. The number of hydrogen-bond donors (Lipinski definition) is 0. The van der Waals surface area contributed by atoms with Gasteiger partial charge < -0.3 is 9.32 Å². The lowest BCUT2D eigenvalue weighted by atomic mass is 10.4. The van der Waals surface area contributed by atoms with E-state index in [4.69, 9.17) is 15.1 Å². The second kappa shape index (κ2) is 5.33. The number of carbonyl (C=O) groups is 1. The van der Waals surface area contributed by atoms with Gasteiger partial charge >= 0.3 is 6.18 Å². The molecule has 0 atom stereocenters. The van der Waals surface area contributed by atoms with Crippen molar-refractivity contribution in [1.29, 1.82) is 0 Å². The van der Waals surface area contributed by atoms with Crippen molar-refractivity contribution in [2.45, 2.75) is 11.1 Å². The smallest absolute Gasteiger partial charge is 0.406 e. The molecule has 5 nitrogen and oxygen atoms in total. The summed E-state index contributed by atoms with van der Waals surface area (Å²) in [6.45, 7) is -1.49. The van der Waals surface area contributed by atoms with Crippen molar-refractivity contribution in [3.05, 3.63) is 16.5 Å². The molecule has 0 N–H and O–H groups in total. The predicted molar refractivity (Wildman–Crippen MR) is 62.5 cm³/mol. The first kappa shape index (κ1) is 16.3. The van der Waals surface area contributed by atoms with Crippen LogP contribution in [0, 0.1) is 0 Å². The molecule has 0 fully saturated rings. The fourth-order valence-electron chi connectivity index (χ4n) is 1.15. The summed E-state index contributed by atoms with van der Waals surface area (Å²) in [5.41, 5.74) is 0. The Hall–Kier alpha value is -0.740. The average molecular weight is 385 g/mol. The summed E-state index contributed by atoms with van der Waals surface area (Å²) in [6, 6.07) is 0.752. The molecule has 1 aromatic heterocycles. The number of alkyl halides is 3. The summed E-state index contributed by atoms with van der Waals surface area (Å²) >= 11 is 2.71. The molecule has 1 aromatic rings. The number of halogens is 5. The lowest BCUT2D eigenvalue weighted by Crippen LogP contribution is -2.35. The summed E-state index contributed by atoms with van der Waals surface area (Å²) in [6.07, 6.45) is -4.57. The van der Waals surface area contributed by atoms with Crippen LogP contribution in [0.25, 0.3) is 0 Å². The van der Waals surface area contributed by atoms with Crippen molar-refractivity contribution in [3.8, 4) is 0 Å². The standard InChI is InChI=1S/C8H6BrClF3NO4S/c1-14(3-8(11,12)13)7(15)4-2-5(6(9)18-4)19(10,16)17/h2H,3H2,1H3. The molecule has 19 heavy (non-hydrogen) atoms. The van der Waals surface area contributed by atoms with Gasteiger partial charge in [0, 0.05) is 23.8 Å². The topological polar surface area (TPSA) is 67.6 Å². The van der Waals surface area contributed by atoms with Gasteiger partial charge in [-0.3, -0.25) is 4.79 Å². The van der Waals surface area contributed by atoms with E-state index in [1.165, 1.54) is 0 Å². The maximum atomic E-state index is 12.1. The Balaban J connectivity index is 3.03. The Labute approximate surface area is 118 Å². The van der Waals surface area contributed by atoms with Gasteiger partial charge in [-0.15, -0.1) is 0 Å². The van der Waals surface area contributed by atoms with Gasteiger partial charge in [-0.2, -0.15) is 13.2 Å². The maximum Gasteiger partial charge on any atom is 0.406 e. The second-order valence-corrected chi connectivity index (χ2v) is 6.72. The maximum absolute atomic E-state index is 12.1. The summed E-state index contributed by atoms with van der Waals surface area (Å²) in [5, 5.41) is 0. The highest BCUT2D eigenvalue weighted by atomic mass is 79.9. The molecule has 0 unspecified atom stereocenters. The van der Waals surface area contributed by atoms with Gasteiger partial charge in [0.25, 0.3) is 15.0 Å². The van der Waals surface area contributed by atoms with Crippen molar-refractivity contribution in [1.82, 2.24) is 4.90 Å². The minimum Gasteiger partial charge on any atom is -0.443 e. The van der Waals surface area contributed by atoms with Crippen LogP contribution in [0.15, 0.2) is 20.0 Å². The van der Waals surface area contributed by atoms with Crippen molar-refractivity contribution in [2.24, 2.45) is 0 Å². The van der Waals surface area contributed by atoms with E-state index in [1.54, 1.807) is 0 Å². The van der Waals surface area contributed by atoms with Gasteiger partial charge in [-0.25, -0.2) is 8.42 Å². The molecule has 1 amide bonds. The highest BCUT2D eigenvalue weighted by Gasteiger charge is 2.33. The van der Waals surface area contributed by atoms with E-state index in [0.29, 0.717) is 4.90 Å². The van der Waals surface area contributed by atoms with E-state index >= 15 is 0 Å². The number of rotatable bonds is 3. The van der Waals surface area contributed by atoms with Crippen molar-refractivity contribution in [2.75, 3.05) is 13.6 Å². The predicted octanol–water partition coefficient (Wildman–Crippen LogP) is 2.60. The third kappa shape index (κ3) is 4.39. The van der Waals surface area contributed by atoms with Crippen molar-refractivity contribution in [3.63, 3.8) is 0 Å². The van der Waals surface area contributed by atoms with Crippen LogP contribution in [-0.2, 0) is 9.05 Å². The third-order valence-electron chi connectivity index (χ3n) is 1.89. The molecule has 0 saturated carbocycles. The monoisotopic (exact) mass is 383 g/mol. The molecule has 0 aliphatic rings. The lowest BCUT2D eigenvalue weighted by Gasteiger charge is -2.17. The minimum absolute atomic E-state index is 0.343. The van der Waals surface area contributed by atoms with Crippen LogP contribution in [0.4, 0.5) is 13.2 Å². The molecule has 0 radical (unpaired) electrons. The lowest BCUT2D eigenvalue weighted by molar-refractivity contribution is -0.138. The van der Waals surface area contributed by atoms with Gasteiger partial charge in [0.15, 0.2) is 10.4 Å². The van der Waals surface area contributed by atoms with Crippen LogP contribution >= 0.6 is 26.6 Å². The van der Waals surface area contributed by atoms with E-state index in [1.807, 2.05) is 0 Å². The molecule has 11 heteroatoms. The number of furan rings is 1. The fraction of sp³-hybridized carbons (Fsp3) is 0.375. The second-order valence-electron chi connectivity index (χ2n) is 3.46. The molecule has 0 aliphatic carbocycles. The van der Waals surface area contributed by atoms with Crippen LogP contribution < -0.4 is 0 Å². The van der Waals surface area contributed by atoms with E-state index < -0.39 is 38.3 Å². The summed E-state index contributed by atoms with van der Waals surface area (Å²) < 4.78 is 62.8. The summed E-state index contributed by atoms with van der Waals surface area (Å²) in [5.74, 6) is -1.69. The zero-order valence-corrected chi connectivity index (χ0v) is 12.3.